The number of carbonyl (C=O) groups is 1. The van der Waals surface area contributed by atoms with Gasteiger partial charge in [0.2, 0.25) is 0 Å². The van der Waals surface area contributed by atoms with E-state index in [0.29, 0.717) is 13.2 Å². The minimum Gasteiger partial charge on any atom is -0.489 e. The fourth-order valence-electron chi connectivity index (χ4n) is 2.43. The van der Waals surface area contributed by atoms with Crippen molar-refractivity contribution >= 4 is 12.0 Å². The lowest BCUT2D eigenvalue weighted by molar-refractivity contribution is -0.138. The number of hydrogen-bond acceptors (Lipinski definition) is 3. The molecule has 0 fully saturated rings. The van der Waals surface area contributed by atoms with Crippen LogP contribution in [0.5, 0.6) is 5.75 Å². The first-order chi connectivity index (χ1) is 12.2. The van der Waals surface area contributed by atoms with Crippen LogP contribution in [0.3, 0.4) is 0 Å². The Bertz CT molecular complexity index is 672. The summed E-state index contributed by atoms with van der Waals surface area (Å²) >= 11 is 0. The highest BCUT2D eigenvalue weighted by molar-refractivity contribution is 5.93. The van der Waals surface area contributed by atoms with E-state index in [1.165, 1.54) is 0 Å². The van der Waals surface area contributed by atoms with Gasteiger partial charge in [0.15, 0.2) is 0 Å². The largest absolute Gasteiger partial charge is 0.489 e. The molecule has 0 spiro atoms. The van der Waals surface area contributed by atoms with Crippen molar-refractivity contribution in [2.24, 2.45) is 0 Å². The lowest BCUT2D eigenvalue weighted by Gasteiger charge is -2.08. The van der Waals surface area contributed by atoms with Crippen LogP contribution in [0.2, 0.25) is 0 Å². The molecule has 0 N–H and O–H groups in total. The van der Waals surface area contributed by atoms with E-state index >= 15 is 0 Å². The van der Waals surface area contributed by atoms with E-state index < -0.39 is 0 Å². The van der Waals surface area contributed by atoms with Gasteiger partial charge in [-0.1, -0.05) is 55.8 Å². The van der Waals surface area contributed by atoms with Crippen LogP contribution >= 0.6 is 0 Å². The average molecular weight is 338 g/mol. The Morgan fingerprint density at radius 1 is 1.00 bits per heavy atom. The highest BCUT2D eigenvalue weighted by Gasteiger charge is 2.10. The number of carbonyl (C=O) groups excluding carboxylic acids is 1. The summed E-state index contributed by atoms with van der Waals surface area (Å²) in [5.41, 5.74) is 2.84. The lowest BCUT2D eigenvalue weighted by atomic mass is 10.1. The topological polar surface area (TPSA) is 35.5 Å². The molecule has 0 aromatic heterocycles. The Morgan fingerprint density at radius 2 is 1.72 bits per heavy atom. The Kier molecular flexibility index (Phi) is 7.77. The van der Waals surface area contributed by atoms with Crippen molar-refractivity contribution < 1.29 is 14.3 Å². The molecule has 3 heteroatoms. The first kappa shape index (κ1) is 18.8. The molecule has 0 amide bonds. The SMILES string of the molecule is CCCCC(=Cc1ccc(OCc2ccccc2)cc1)C(=O)OCC. The van der Waals surface area contributed by atoms with Gasteiger partial charge >= 0.3 is 5.97 Å². The van der Waals surface area contributed by atoms with Gasteiger partial charge in [-0.3, -0.25) is 0 Å². The molecule has 0 heterocycles. The van der Waals surface area contributed by atoms with E-state index in [1.54, 1.807) is 0 Å². The van der Waals surface area contributed by atoms with Crippen LogP contribution in [0.1, 0.15) is 44.2 Å². The Hall–Kier alpha value is -2.55. The van der Waals surface area contributed by atoms with Crippen LogP contribution in [0.4, 0.5) is 0 Å². The van der Waals surface area contributed by atoms with Gasteiger partial charge in [0.25, 0.3) is 0 Å². The van der Waals surface area contributed by atoms with Crippen LogP contribution in [-0.4, -0.2) is 12.6 Å². The summed E-state index contributed by atoms with van der Waals surface area (Å²) in [6.45, 7) is 4.88. The van der Waals surface area contributed by atoms with Crippen LogP contribution in [0, 0.1) is 0 Å². The predicted octanol–water partition coefficient (Wildman–Crippen LogP) is 5.40. The summed E-state index contributed by atoms with van der Waals surface area (Å²) in [5.74, 6) is 0.590. The average Bonchev–Trinajstić information content (AvgIpc) is 2.65. The third-order valence-corrected chi connectivity index (χ3v) is 3.81. The van der Waals surface area contributed by atoms with Crippen molar-refractivity contribution in [2.45, 2.75) is 39.7 Å². The van der Waals surface area contributed by atoms with Crippen molar-refractivity contribution in [3.05, 3.63) is 71.3 Å². The maximum atomic E-state index is 12.1. The Morgan fingerprint density at radius 3 is 2.36 bits per heavy atom. The molecule has 132 valence electrons. The van der Waals surface area contributed by atoms with Crippen molar-refractivity contribution in [1.82, 2.24) is 0 Å². The molecule has 0 unspecified atom stereocenters. The van der Waals surface area contributed by atoms with Gasteiger partial charge in [0.1, 0.15) is 12.4 Å². The maximum absolute atomic E-state index is 12.1. The van der Waals surface area contributed by atoms with Crippen LogP contribution in [-0.2, 0) is 16.1 Å². The van der Waals surface area contributed by atoms with E-state index in [1.807, 2.05) is 67.6 Å². The third kappa shape index (κ3) is 6.46. The van der Waals surface area contributed by atoms with Crippen molar-refractivity contribution in [2.75, 3.05) is 6.61 Å². The summed E-state index contributed by atoms with van der Waals surface area (Å²) in [4.78, 5) is 12.1. The molecular weight excluding hydrogens is 312 g/mol. The highest BCUT2D eigenvalue weighted by Crippen LogP contribution is 2.19. The molecule has 0 atom stereocenters. The molecule has 0 saturated carbocycles. The van der Waals surface area contributed by atoms with E-state index in [2.05, 4.69) is 6.92 Å². The third-order valence-electron chi connectivity index (χ3n) is 3.81. The van der Waals surface area contributed by atoms with E-state index in [0.717, 1.165) is 41.7 Å². The van der Waals surface area contributed by atoms with E-state index in [4.69, 9.17) is 9.47 Å². The van der Waals surface area contributed by atoms with E-state index in [-0.39, 0.29) is 5.97 Å². The molecule has 25 heavy (non-hydrogen) atoms. The minimum atomic E-state index is -0.222. The first-order valence-corrected chi connectivity index (χ1v) is 8.87. The second-order valence-electron chi connectivity index (χ2n) is 5.84. The predicted molar refractivity (Wildman–Crippen MR) is 101 cm³/mol. The zero-order valence-electron chi connectivity index (χ0n) is 15.0. The summed E-state index contributed by atoms with van der Waals surface area (Å²) in [5, 5.41) is 0. The quantitative estimate of drug-likeness (QED) is 0.453. The molecule has 0 saturated heterocycles. The summed E-state index contributed by atoms with van der Waals surface area (Å²) in [7, 11) is 0. The smallest absolute Gasteiger partial charge is 0.334 e. The number of esters is 1. The maximum Gasteiger partial charge on any atom is 0.334 e. The second-order valence-corrected chi connectivity index (χ2v) is 5.84. The summed E-state index contributed by atoms with van der Waals surface area (Å²) in [6, 6.07) is 17.8. The molecule has 0 aliphatic heterocycles. The standard InChI is InChI=1S/C22H26O3/c1-3-5-11-20(22(23)24-4-2)16-18-12-14-21(15-13-18)25-17-19-9-7-6-8-10-19/h6-10,12-16H,3-5,11,17H2,1-2H3. The van der Waals surface area contributed by atoms with Crippen molar-refractivity contribution in [3.63, 3.8) is 0 Å². The van der Waals surface area contributed by atoms with Gasteiger partial charge in [-0.2, -0.15) is 0 Å². The lowest BCUT2D eigenvalue weighted by Crippen LogP contribution is -2.07. The Balaban J connectivity index is 2.02. The number of hydrogen-bond donors (Lipinski definition) is 0. The first-order valence-electron chi connectivity index (χ1n) is 8.87. The molecule has 2 rings (SSSR count). The van der Waals surface area contributed by atoms with Crippen LogP contribution in [0.15, 0.2) is 60.2 Å². The Labute approximate surface area is 150 Å². The van der Waals surface area contributed by atoms with Gasteiger partial charge in [-0.05, 0) is 49.1 Å². The van der Waals surface area contributed by atoms with Crippen LogP contribution < -0.4 is 4.74 Å². The fourth-order valence-corrected chi connectivity index (χ4v) is 2.43. The summed E-state index contributed by atoms with van der Waals surface area (Å²) in [6.07, 6.45) is 4.67. The molecule has 0 bridgehead atoms. The van der Waals surface area contributed by atoms with Gasteiger partial charge in [0, 0.05) is 5.57 Å². The molecule has 0 radical (unpaired) electrons. The normalized spacial score (nSPS) is 11.2. The molecule has 0 aliphatic carbocycles. The highest BCUT2D eigenvalue weighted by atomic mass is 16.5. The number of rotatable bonds is 9. The van der Waals surface area contributed by atoms with Gasteiger partial charge in [-0.15, -0.1) is 0 Å². The van der Waals surface area contributed by atoms with Crippen LogP contribution in [0.25, 0.3) is 6.08 Å². The number of unbranched alkanes of at least 4 members (excludes halogenated alkanes) is 1. The minimum absolute atomic E-state index is 0.222. The van der Waals surface area contributed by atoms with Crippen molar-refractivity contribution in [3.8, 4) is 5.75 Å². The zero-order chi connectivity index (χ0) is 17.9. The van der Waals surface area contributed by atoms with Gasteiger partial charge < -0.3 is 9.47 Å². The molecular formula is C22H26O3. The number of benzene rings is 2. The van der Waals surface area contributed by atoms with Crippen molar-refractivity contribution in [1.29, 1.82) is 0 Å². The number of ether oxygens (including phenoxy) is 2. The fraction of sp³-hybridized carbons (Fsp3) is 0.318. The van der Waals surface area contributed by atoms with E-state index in [9.17, 15) is 4.79 Å². The van der Waals surface area contributed by atoms with Gasteiger partial charge in [-0.25, -0.2) is 4.79 Å². The molecule has 2 aromatic carbocycles. The monoisotopic (exact) mass is 338 g/mol. The molecule has 3 nitrogen and oxygen atoms in total. The molecule has 2 aromatic rings. The van der Waals surface area contributed by atoms with Gasteiger partial charge in [0.05, 0.1) is 6.61 Å². The second kappa shape index (κ2) is 10.3. The zero-order valence-corrected chi connectivity index (χ0v) is 15.0. The molecule has 0 aliphatic rings. The summed E-state index contributed by atoms with van der Waals surface area (Å²) < 4.78 is 10.9.